The number of hydrogen-bond donors (Lipinski definition) is 0. The molecule has 0 atom stereocenters. The van der Waals surface area contributed by atoms with Crippen molar-refractivity contribution >= 4 is 0 Å². The van der Waals surface area contributed by atoms with Crippen molar-refractivity contribution in [3.05, 3.63) is 29.3 Å². The molecular weight excluding hydrogens is 205 g/mol. The van der Waals surface area contributed by atoms with Gasteiger partial charge in [-0.3, -0.25) is 0 Å². The first-order valence-electron chi connectivity index (χ1n) is 4.77. The summed E-state index contributed by atoms with van der Waals surface area (Å²) in [4.78, 5) is 0. The van der Waals surface area contributed by atoms with Crippen LogP contribution in [-0.2, 0) is 6.18 Å². The summed E-state index contributed by atoms with van der Waals surface area (Å²) in [6, 6.07) is 3.94. The van der Waals surface area contributed by atoms with Gasteiger partial charge in [0.05, 0.1) is 12.7 Å². The number of benzene rings is 1. The van der Waals surface area contributed by atoms with Gasteiger partial charge in [-0.15, -0.1) is 0 Å². The van der Waals surface area contributed by atoms with E-state index in [2.05, 4.69) is 0 Å². The van der Waals surface area contributed by atoms with Crippen LogP contribution in [0, 0.1) is 0 Å². The Balaban J connectivity index is 2.41. The molecule has 0 spiro atoms. The van der Waals surface area contributed by atoms with E-state index >= 15 is 0 Å². The van der Waals surface area contributed by atoms with Crippen LogP contribution in [0.1, 0.15) is 29.9 Å². The second-order valence-corrected chi connectivity index (χ2v) is 3.77. The van der Waals surface area contributed by atoms with Crippen molar-refractivity contribution in [1.29, 1.82) is 0 Å². The van der Waals surface area contributed by atoms with Crippen LogP contribution in [0.2, 0.25) is 0 Å². The molecule has 1 fully saturated rings. The van der Waals surface area contributed by atoms with Gasteiger partial charge in [0.1, 0.15) is 5.75 Å². The number of methoxy groups -OCH3 is 1. The molecule has 82 valence electrons. The molecule has 1 aromatic rings. The van der Waals surface area contributed by atoms with Gasteiger partial charge in [0, 0.05) is 0 Å². The second kappa shape index (κ2) is 3.43. The quantitative estimate of drug-likeness (QED) is 0.734. The zero-order valence-corrected chi connectivity index (χ0v) is 8.27. The molecule has 0 heterocycles. The molecule has 15 heavy (non-hydrogen) atoms. The maximum absolute atomic E-state index is 12.5. The Bertz CT molecular complexity index is 367. The van der Waals surface area contributed by atoms with Gasteiger partial charge in [-0.05, 0) is 42.5 Å². The summed E-state index contributed by atoms with van der Waals surface area (Å²) >= 11 is 0. The Morgan fingerprint density at radius 3 is 2.33 bits per heavy atom. The summed E-state index contributed by atoms with van der Waals surface area (Å²) in [5, 5.41) is 0. The maximum atomic E-state index is 12.5. The lowest BCUT2D eigenvalue weighted by Crippen LogP contribution is -2.06. The van der Waals surface area contributed by atoms with Crippen LogP contribution in [0.3, 0.4) is 0 Å². The van der Waals surface area contributed by atoms with Crippen LogP contribution in [0.5, 0.6) is 5.75 Å². The molecule has 0 radical (unpaired) electrons. The molecular formula is C11H11F3O. The molecule has 1 aromatic carbocycles. The third kappa shape index (κ3) is 2.25. The van der Waals surface area contributed by atoms with E-state index < -0.39 is 11.7 Å². The molecule has 0 amide bonds. The molecule has 1 saturated carbocycles. The first-order chi connectivity index (χ1) is 7.00. The van der Waals surface area contributed by atoms with Gasteiger partial charge in [-0.25, -0.2) is 0 Å². The monoisotopic (exact) mass is 216 g/mol. The molecule has 0 N–H and O–H groups in total. The van der Waals surface area contributed by atoms with Gasteiger partial charge in [0.15, 0.2) is 0 Å². The molecule has 0 bridgehead atoms. The number of alkyl halides is 3. The summed E-state index contributed by atoms with van der Waals surface area (Å²) in [6.45, 7) is 0. The predicted molar refractivity (Wildman–Crippen MR) is 50.0 cm³/mol. The Kier molecular flexibility index (Phi) is 2.37. The summed E-state index contributed by atoms with van der Waals surface area (Å²) in [7, 11) is 1.38. The fourth-order valence-corrected chi connectivity index (χ4v) is 1.56. The first kappa shape index (κ1) is 10.3. The van der Waals surface area contributed by atoms with E-state index in [9.17, 15) is 13.2 Å². The summed E-state index contributed by atoms with van der Waals surface area (Å²) in [6.07, 6.45) is -2.34. The molecule has 1 nitrogen and oxygen atoms in total. The van der Waals surface area contributed by atoms with Crippen molar-refractivity contribution in [2.75, 3.05) is 7.11 Å². The number of halogens is 3. The van der Waals surface area contributed by atoms with E-state index in [0.717, 1.165) is 24.5 Å². The average molecular weight is 216 g/mol. The van der Waals surface area contributed by atoms with E-state index in [1.54, 1.807) is 6.07 Å². The van der Waals surface area contributed by atoms with Crippen molar-refractivity contribution in [3.63, 3.8) is 0 Å². The fraction of sp³-hybridized carbons (Fsp3) is 0.455. The molecule has 0 aromatic heterocycles. The highest BCUT2D eigenvalue weighted by molar-refractivity contribution is 5.39. The second-order valence-electron chi connectivity index (χ2n) is 3.77. The minimum absolute atomic E-state index is 0.284. The molecule has 0 saturated heterocycles. The van der Waals surface area contributed by atoms with Crippen molar-refractivity contribution in [2.24, 2.45) is 0 Å². The SMILES string of the molecule is COc1cc(C2CC2)cc(C(F)(F)F)c1. The number of hydrogen-bond acceptors (Lipinski definition) is 1. The standard InChI is InChI=1S/C11H11F3O/c1-15-10-5-8(7-2-3-7)4-9(6-10)11(12,13)14/h4-7H,2-3H2,1H3. The van der Waals surface area contributed by atoms with Crippen LogP contribution in [-0.4, -0.2) is 7.11 Å². The van der Waals surface area contributed by atoms with Crippen molar-refractivity contribution in [2.45, 2.75) is 24.9 Å². The number of rotatable bonds is 2. The lowest BCUT2D eigenvalue weighted by molar-refractivity contribution is -0.137. The smallest absolute Gasteiger partial charge is 0.416 e. The van der Waals surface area contributed by atoms with Gasteiger partial charge in [0.2, 0.25) is 0 Å². The van der Waals surface area contributed by atoms with Crippen molar-refractivity contribution in [3.8, 4) is 5.75 Å². The third-order valence-electron chi connectivity index (χ3n) is 2.54. The zero-order valence-electron chi connectivity index (χ0n) is 8.27. The van der Waals surface area contributed by atoms with E-state index in [0.29, 0.717) is 5.92 Å². The van der Waals surface area contributed by atoms with Crippen LogP contribution in [0.25, 0.3) is 0 Å². The van der Waals surface area contributed by atoms with Crippen molar-refractivity contribution < 1.29 is 17.9 Å². The van der Waals surface area contributed by atoms with E-state index in [1.807, 2.05) is 0 Å². The highest BCUT2D eigenvalue weighted by Gasteiger charge is 2.33. The Labute approximate surface area is 85.9 Å². The van der Waals surface area contributed by atoms with Gasteiger partial charge in [0.25, 0.3) is 0 Å². The molecule has 4 heteroatoms. The van der Waals surface area contributed by atoms with E-state index in [-0.39, 0.29) is 5.75 Å². The predicted octanol–water partition coefficient (Wildman–Crippen LogP) is 3.59. The van der Waals surface area contributed by atoms with E-state index in [1.165, 1.54) is 13.2 Å². The number of ether oxygens (including phenoxy) is 1. The minimum Gasteiger partial charge on any atom is -0.497 e. The maximum Gasteiger partial charge on any atom is 0.416 e. The lowest BCUT2D eigenvalue weighted by Gasteiger charge is -2.11. The highest BCUT2D eigenvalue weighted by atomic mass is 19.4. The van der Waals surface area contributed by atoms with Gasteiger partial charge in [-0.2, -0.15) is 13.2 Å². The summed E-state index contributed by atoms with van der Waals surface area (Å²) < 4.78 is 42.4. The molecule has 2 rings (SSSR count). The van der Waals surface area contributed by atoms with Gasteiger partial charge >= 0.3 is 6.18 Å². The van der Waals surface area contributed by atoms with Gasteiger partial charge < -0.3 is 4.74 Å². The van der Waals surface area contributed by atoms with E-state index in [4.69, 9.17) is 4.74 Å². The molecule has 0 aliphatic heterocycles. The van der Waals surface area contributed by atoms with Crippen LogP contribution in [0.4, 0.5) is 13.2 Å². The zero-order chi connectivity index (χ0) is 11.1. The van der Waals surface area contributed by atoms with Crippen LogP contribution in [0.15, 0.2) is 18.2 Å². The summed E-state index contributed by atoms with van der Waals surface area (Å²) in [5.74, 6) is 0.577. The van der Waals surface area contributed by atoms with Crippen LogP contribution >= 0.6 is 0 Å². The highest BCUT2D eigenvalue weighted by Crippen LogP contribution is 2.43. The summed E-state index contributed by atoms with van der Waals surface area (Å²) in [5.41, 5.74) is 0.116. The fourth-order valence-electron chi connectivity index (χ4n) is 1.56. The average Bonchev–Trinajstić information content (AvgIpc) is 2.99. The molecule has 1 aliphatic rings. The minimum atomic E-state index is -4.29. The molecule has 0 unspecified atom stereocenters. The van der Waals surface area contributed by atoms with Crippen LogP contribution < -0.4 is 4.74 Å². The largest absolute Gasteiger partial charge is 0.497 e. The third-order valence-corrected chi connectivity index (χ3v) is 2.54. The normalized spacial score (nSPS) is 16.5. The first-order valence-corrected chi connectivity index (χ1v) is 4.77. The van der Waals surface area contributed by atoms with Gasteiger partial charge in [-0.1, -0.05) is 0 Å². The Morgan fingerprint density at radius 2 is 1.87 bits per heavy atom. The van der Waals surface area contributed by atoms with Crippen molar-refractivity contribution in [1.82, 2.24) is 0 Å². The Morgan fingerprint density at radius 1 is 1.20 bits per heavy atom. The topological polar surface area (TPSA) is 9.23 Å². The molecule has 1 aliphatic carbocycles. The lowest BCUT2D eigenvalue weighted by atomic mass is 10.1. The Hall–Kier alpha value is -1.19.